The van der Waals surface area contributed by atoms with Gasteiger partial charge < -0.3 is 25.1 Å². The minimum absolute atomic E-state index is 0.192. The molecule has 2 aromatic rings. The van der Waals surface area contributed by atoms with Gasteiger partial charge in [-0.15, -0.1) is 0 Å². The van der Waals surface area contributed by atoms with Crippen LogP contribution in [0.3, 0.4) is 0 Å². The average molecular weight is 373 g/mol. The minimum atomic E-state index is 0.192. The molecule has 1 aliphatic rings. The Hall–Kier alpha value is -2.05. The predicted octanol–water partition coefficient (Wildman–Crippen LogP) is 2.63. The maximum absolute atomic E-state index is 5.87. The monoisotopic (exact) mass is 372 g/mol. The van der Waals surface area contributed by atoms with E-state index in [0.717, 1.165) is 38.4 Å². The standard InChI is InChI=1S/C21H32N4O2/c1-4-16-6-5-7-19-17(12-24-20(16)19)8-10-23-21(22-3)25-15(2)13-27-18-9-11-26-14-18/h5-7,12,15,18,24H,4,8-11,13-14H2,1-3H3,(H2,22,23,25). The van der Waals surface area contributed by atoms with E-state index in [1.807, 2.05) is 0 Å². The molecule has 0 aliphatic carbocycles. The van der Waals surface area contributed by atoms with Crippen LogP contribution < -0.4 is 10.6 Å². The molecule has 0 saturated carbocycles. The van der Waals surface area contributed by atoms with Crippen LogP contribution in [0.15, 0.2) is 29.4 Å². The first-order valence-corrected chi connectivity index (χ1v) is 9.95. The van der Waals surface area contributed by atoms with Crippen LogP contribution in [0.1, 0.15) is 31.4 Å². The first-order chi connectivity index (χ1) is 13.2. The van der Waals surface area contributed by atoms with Gasteiger partial charge in [0.05, 0.1) is 19.3 Å². The Kier molecular flexibility index (Phi) is 7.12. The summed E-state index contributed by atoms with van der Waals surface area (Å²) in [5.41, 5.74) is 3.96. The Morgan fingerprint density at radius 2 is 2.30 bits per heavy atom. The molecule has 0 spiro atoms. The van der Waals surface area contributed by atoms with Gasteiger partial charge >= 0.3 is 0 Å². The molecule has 27 heavy (non-hydrogen) atoms. The zero-order chi connectivity index (χ0) is 19.1. The topological polar surface area (TPSA) is 70.7 Å². The molecule has 0 radical (unpaired) electrons. The lowest BCUT2D eigenvalue weighted by Crippen LogP contribution is -2.45. The average Bonchev–Trinajstić information content (AvgIpc) is 3.35. The third kappa shape index (κ3) is 5.23. The van der Waals surface area contributed by atoms with Crippen molar-refractivity contribution in [3.05, 3.63) is 35.5 Å². The number of guanidine groups is 1. The van der Waals surface area contributed by atoms with Gasteiger partial charge in [0.25, 0.3) is 0 Å². The second-order valence-electron chi connectivity index (χ2n) is 7.12. The van der Waals surface area contributed by atoms with E-state index in [2.05, 4.69) is 58.9 Å². The molecular formula is C21H32N4O2. The highest BCUT2D eigenvalue weighted by atomic mass is 16.5. The Morgan fingerprint density at radius 1 is 1.41 bits per heavy atom. The summed E-state index contributed by atoms with van der Waals surface area (Å²) in [6, 6.07) is 6.72. The molecule has 2 unspecified atom stereocenters. The summed E-state index contributed by atoms with van der Waals surface area (Å²) in [6.07, 6.45) is 5.34. The second kappa shape index (κ2) is 9.76. The molecule has 1 aromatic carbocycles. The fraction of sp³-hybridized carbons (Fsp3) is 0.571. The number of aromatic amines is 1. The molecule has 3 N–H and O–H groups in total. The zero-order valence-corrected chi connectivity index (χ0v) is 16.7. The van der Waals surface area contributed by atoms with Gasteiger partial charge in [0.1, 0.15) is 0 Å². The van der Waals surface area contributed by atoms with Gasteiger partial charge in [0.2, 0.25) is 0 Å². The number of hydrogen-bond acceptors (Lipinski definition) is 3. The smallest absolute Gasteiger partial charge is 0.191 e. The third-order valence-electron chi connectivity index (χ3n) is 5.03. The second-order valence-corrected chi connectivity index (χ2v) is 7.12. The molecular weight excluding hydrogens is 340 g/mol. The van der Waals surface area contributed by atoms with Gasteiger partial charge in [-0.3, -0.25) is 4.99 Å². The maximum Gasteiger partial charge on any atom is 0.191 e. The van der Waals surface area contributed by atoms with E-state index >= 15 is 0 Å². The summed E-state index contributed by atoms with van der Waals surface area (Å²) in [6.45, 7) is 7.29. The van der Waals surface area contributed by atoms with Gasteiger partial charge in [-0.1, -0.05) is 25.1 Å². The molecule has 2 heterocycles. The van der Waals surface area contributed by atoms with Gasteiger partial charge in [0, 0.05) is 43.3 Å². The highest BCUT2D eigenvalue weighted by Gasteiger charge is 2.17. The molecule has 6 nitrogen and oxygen atoms in total. The SMILES string of the molecule is CCc1cccc2c(CCNC(=NC)NC(C)COC3CCOC3)c[nH]c12. The number of aliphatic imine (C=N–C) groups is 1. The number of nitrogens with one attached hydrogen (secondary N) is 3. The molecule has 3 rings (SSSR count). The number of fused-ring (bicyclic) bond motifs is 1. The number of ether oxygens (including phenoxy) is 2. The van der Waals surface area contributed by atoms with Crippen LogP contribution in [-0.2, 0) is 22.3 Å². The number of H-pyrrole nitrogens is 1. The summed E-state index contributed by atoms with van der Waals surface area (Å²) >= 11 is 0. The molecule has 0 bridgehead atoms. The van der Waals surface area contributed by atoms with Gasteiger partial charge in [-0.2, -0.15) is 0 Å². The Labute approximate surface area is 161 Å². The number of rotatable bonds is 8. The van der Waals surface area contributed by atoms with E-state index in [-0.39, 0.29) is 12.1 Å². The van der Waals surface area contributed by atoms with Crippen molar-refractivity contribution in [2.45, 2.75) is 45.3 Å². The number of aromatic nitrogens is 1. The fourth-order valence-electron chi connectivity index (χ4n) is 3.49. The van der Waals surface area contributed by atoms with Crippen molar-refractivity contribution >= 4 is 16.9 Å². The molecule has 0 amide bonds. The van der Waals surface area contributed by atoms with Crippen molar-refractivity contribution in [3.8, 4) is 0 Å². The maximum atomic E-state index is 5.87. The number of benzene rings is 1. The van der Waals surface area contributed by atoms with E-state index < -0.39 is 0 Å². The highest BCUT2D eigenvalue weighted by Crippen LogP contribution is 2.22. The Balaban J connectivity index is 1.45. The number of nitrogens with zero attached hydrogens (tertiary/aromatic N) is 1. The molecule has 148 valence electrons. The molecule has 1 aliphatic heterocycles. The van der Waals surface area contributed by atoms with Crippen LogP contribution >= 0.6 is 0 Å². The molecule has 1 saturated heterocycles. The molecule has 6 heteroatoms. The van der Waals surface area contributed by atoms with Crippen LogP contribution in [0.2, 0.25) is 0 Å². The highest BCUT2D eigenvalue weighted by molar-refractivity contribution is 5.86. The summed E-state index contributed by atoms with van der Waals surface area (Å²) in [5.74, 6) is 0.808. The van der Waals surface area contributed by atoms with Crippen LogP contribution in [0.25, 0.3) is 10.9 Å². The third-order valence-corrected chi connectivity index (χ3v) is 5.03. The predicted molar refractivity (Wildman–Crippen MR) is 111 cm³/mol. The van der Waals surface area contributed by atoms with Crippen LogP contribution in [-0.4, -0.2) is 56.5 Å². The van der Waals surface area contributed by atoms with E-state index in [1.165, 1.54) is 22.0 Å². The normalized spacial score (nSPS) is 18.8. The largest absolute Gasteiger partial charge is 0.379 e. The van der Waals surface area contributed by atoms with Crippen LogP contribution in [0.4, 0.5) is 0 Å². The van der Waals surface area contributed by atoms with E-state index in [1.54, 1.807) is 7.05 Å². The lowest BCUT2D eigenvalue weighted by Gasteiger charge is -2.19. The number of aryl methyl sites for hydroxylation is 1. The lowest BCUT2D eigenvalue weighted by atomic mass is 10.1. The van der Waals surface area contributed by atoms with Crippen molar-refractivity contribution in [1.82, 2.24) is 15.6 Å². The number of hydrogen-bond donors (Lipinski definition) is 3. The van der Waals surface area contributed by atoms with Crippen LogP contribution in [0, 0.1) is 0 Å². The first-order valence-electron chi connectivity index (χ1n) is 9.95. The van der Waals surface area contributed by atoms with Gasteiger partial charge in [-0.25, -0.2) is 0 Å². The summed E-state index contributed by atoms with van der Waals surface area (Å²) in [4.78, 5) is 7.76. The van der Waals surface area contributed by atoms with Gasteiger partial charge in [0.15, 0.2) is 5.96 Å². The van der Waals surface area contributed by atoms with Crippen molar-refractivity contribution in [2.24, 2.45) is 4.99 Å². The molecule has 1 aromatic heterocycles. The fourth-order valence-corrected chi connectivity index (χ4v) is 3.49. The van der Waals surface area contributed by atoms with Crippen molar-refractivity contribution in [2.75, 3.05) is 33.4 Å². The molecule has 2 atom stereocenters. The van der Waals surface area contributed by atoms with Crippen molar-refractivity contribution in [1.29, 1.82) is 0 Å². The van der Waals surface area contributed by atoms with Crippen molar-refractivity contribution < 1.29 is 9.47 Å². The zero-order valence-electron chi connectivity index (χ0n) is 16.7. The van der Waals surface area contributed by atoms with Gasteiger partial charge in [-0.05, 0) is 37.3 Å². The molecule has 1 fully saturated rings. The van der Waals surface area contributed by atoms with Crippen molar-refractivity contribution in [3.63, 3.8) is 0 Å². The summed E-state index contributed by atoms with van der Waals surface area (Å²) < 4.78 is 11.2. The minimum Gasteiger partial charge on any atom is -0.379 e. The first kappa shape index (κ1) is 19.7. The van der Waals surface area contributed by atoms with Crippen LogP contribution in [0.5, 0.6) is 0 Å². The van der Waals surface area contributed by atoms with E-state index in [9.17, 15) is 0 Å². The summed E-state index contributed by atoms with van der Waals surface area (Å²) in [7, 11) is 1.80. The Morgan fingerprint density at radius 3 is 3.04 bits per heavy atom. The quantitative estimate of drug-likeness (QED) is 0.492. The van der Waals surface area contributed by atoms with E-state index in [0.29, 0.717) is 13.2 Å². The van der Waals surface area contributed by atoms with E-state index in [4.69, 9.17) is 9.47 Å². The number of para-hydroxylation sites is 1. The Bertz CT molecular complexity index is 750. The lowest BCUT2D eigenvalue weighted by molar-refractivity contribution is 0.0347. The summed E-state index contributed by atoms with van der Waals surface area (Å²) in [5, 5.41) is 8.12.